The van der Waals surface area contributed by atoms with Gasteiger partial charge in [0.05, 0.1) is 11.4 Å². The molecule has 9 rings (SSSR count). The second-order valence-electron chi connectivity index (χ2n) is 12.0. The highest BCUT2D eigenvalue weighted by Gasteiger charge is 2.17. The molecule has 9 aromatic rings. The van der Waals surface area contributed by atoms with Gasteiger partial charge < -0.3 is 4.42 Å². The van der Waals surface area contributed by atoms with E-state index in [2.05, 4.69) is 30.3 Å². The van der Waals surface area contributed by atoms with E-state index in [0.717, 1.165) is 55.8 Å². The van der Waals surface area contributed by atoms with Gasteiger partial charge in [0, 0.05) is 27.8 Å². The standard InChI is InChI=1S/C44H28N6O/c1-4-14-29(15-5-1)37-28-38(46-43(45-37)44-47-36-24-10-11-25-39(36)51-44)34-22-12-20-32(26-34)33-21-13-23-35(27-33)42-49-40(30-16-6-2-7-17-30)48-41(50-42)31-18-8-3-9-19-31/h1-28H. The van der Waals surface area contributed by atoms with E-state index in [1.54, 1.807) is 0 Å². The number of hydrogen-bond donors (Lipinski definition) is 0. The Labute approximate surface area is 294 Å². The molecule has 0 saturated heterocycles. The summed E-state index contributed by atoms with van der Waals surface area (Å²) in [6, 6.07) is 56.4. The average Bonchev–Trinajstić information content (AvgIpc) is 3.66. The van der Waals surface area contributed by atoms with Gasteiger partial charge in [0.15, 0.2) is 23.1 Å². The van der Waals surface area contributed by atoms with Crippen molar-refractivity contribution in [2.24, 2.45) is 0 Å². The van der Waals surface area contributed by atoms with Crippen LogP contribution in [0.2, 0.25) is 0 Å². The second kappa shape index (κ2) is 13.1. The number of oxazole rings is 1. The van der Waals surface area contributed by atoms with Crippen molar-refractivity contribution in [3.8, 4) is 79.5 Å². The molecular formula is C44H28N6O. The first-order valence-corrected chi connectivity index (χ1v) is 16.6. The fourth-order valence-corrected chi connectivity index (χ4v) is 6.05. The Balaban J connectivity index is 1.13. The fourth-order valence-electron chi connectivity index (χ4n) is 6.05. The molecule has 0 aliphatic heterocycles. The lowest BCUT2D eigenvalue weighted by Crippen LogP contribution is -2.00. The zero-order chi connectivity index (χ0) is 34.0. The van der Waals surface area contributed by atoms with Gasteiger partial charge in [-0.1, -0.05) is 140 Å². The Morgan fingerprint density at radius 3 is 1.35 bits per heavy atom. The molecule has 3 heterocycles. The van der Waals surface area contributed by atoms with Gasteiger partial charge >= 0.3 is 0 Å². The fraction of sp³-hybridized carbons (Fsp3) is 0. The molecule has 7 nitrogen and oxygen atoms in total. The SMILES string of the molecule is c1ccc(-c2cc(-c3cccc(-c4cccc(-c5nc(-c6ccccc6)nc(-c6ccccc6)n5)c4)c3)nc(-c3nc4ccccc4o3)n2)cc1. The van der Waals surface area contributed by atoms with E-state index in [9.17, 15) is 0 Å². The van der Waals surface area contributed by atoms with Gasteiger partial charge in [-0.3, -0.25) is 0 Å². The predicted molar refractivity (Wildman–Crippen MR) is 201 cm³/mol. The highest BCUT2D eigenvalue weighted by molar-refractivity contribution is 5.79. The minimum Gasteiger partial charge on any atom is -0.434 e. The van der Waals surface area contributed by atoms with Crippen LogP contribution in [-0.4, -0.2) is 29.9 Å². The summed E-state index contributed by atoms with van der Waals surface area (Å²) >= 11 is 0. The van der Waals surface area contributed by atoms with Crippen molar-refractivity contribution in [1.82, 2.24) is 29.9 Å². The molecule has 0 N–H and O–H groups in total. The van der Waals surface area contributed by atoms with Gasteiger partial charge in [0.25, 0.3) is 5.89 Å². The first-order chi connectivity index (χ1) is 25.2. The number of para-hydroxylation sites is 2. The number of fused-ring (bicyclic) bond motifs is 1. The van der Waals surface area contributed by atoms with Gasteiger partial charge in [0.1, 0.15) is 5.52 Å². The van der Waals surface area contributed by atoms with Gasteiger partial charge in [-0.25, -0.2) is 29.9 Å². The summed E-state index contributed by atoms with van der Waals surface area (Å²) in [5.74, 6) is 2.65. The third-order valence-electron chi connectivity index (χ3n) is 8.59. The van der Waals surface area contributed by atoms with Crippen LogP contribution in [0.1, 0.15) is 0 Å². The molecule has 0 radical (unpaired) electrons. The molecular weight excluding hydrogens is 629 g/mol. The highest BCUT2D eigenvalue weighted by Crippen LogP contribution is 2.33. The minimum absolute atomic E-state index is 0.376. The summed E-state index contributed by atoms with van der Waals surface area (Å²) in [6.07, 6.45) is 0. The van der Waals surface area contributed by atoms with Crippen molar-refractivity contribution in [2.75, 3.05) is 0 Å². The zero-order valence-corrected chi connectivity index (χ0v) is 27.3. The van der Waals surface area contributed by atoms with E-state index in [-0.39, 0.29) is 0 Å². The van der Waals surface area contributed by atoms with Gasteiger partial charge in [-0.05, 0) is 41.5 Å². The maximum Gasteiger partial charge on any atom is 0.266 e. The van der Waals surface area contributed by atoms with Crippen LogP contribution in [0.4, 0.5) is 0 Å². The topological polar surface area (TPSA) is 90.5 Å². The van der Waals surface area contributed by atoms with E-state index < -0.39 is 0 Å². The summed E-state index contributed by atoms with van der Waals surface area (Å²) < 4.78 is 6.10. The lowest BCUT2D eigenvalue weighted by molar-refractivity contribution is 0.613. The van der Waals surface area contributed by atoms with Crippen LogP contribution in [0.5, 0.6) is 0 Å². The molecule has 6 aromatic carbocycles. The van der Waals surface area contributed by atoms with Crippen LogP contribution in [0.25, 0.3) is 90.6 Å². The molecule has 0 amide bonds. The molecule has 0 fully saturated rings. The van der Waals surface area contributed by atoms with E-state index in [1.165, 1.54) is 0 Å². The Bertz CT molecular complexity index is 2550. The third kappa shape index (κ3) is 6.16. The molecule has 0 bridgehead atoms. The first-order valence-electron chi connectivity index (χ1n) is 16.6. The molecule has 7 heteroatoms. The smallest absolute Gasteiger partial charge is 0.266 e. The minimum atomic E-state index is 0.376. The molecule has 0 atom stereocenters. The Morgan fingerprint density at radius 1 is 0.294 bits per heavy atom. The summed E-state index contributed by atoms with van der Waals surface area (Å²) in [7, 11) is 0. The number of hydrogen-bond acceptors (Lipinski definition) is 7. The summed E-state index contributed by atoms with van der Waals surface area (Å²) in [5, 5.41) is 0. The molecule has 0 unspecified atom stereocenters. The number of nitrogens with zero attached hydrogens (tertiary/aromatic N) is 6. The van der Waals surface area contributed by atoms with Crippen molar-refractivity contribution >= 4 is 11.1 Å². The average molecular weight is 657 g/mol. The van der Waals surface area contributed by atoms with Crippen molar-refractivity contribution in [3.63, 3.8) is 0 Å². The van der Waals surface area contributed by atoms with Crippen LogP contribution in [0.15, 0.2) is 174 Å². The van der Waals surface area contributed by atoms with Crippen molar-refractivity contribution in [3.05, 3.63) is 170 Å². The van der Waals surface area contributed by atoms with E-state index in [0.29, 0.717) is 34.8 Å². The lowest BCUT2D eigenvalue weighted by atomic mass is 9.99. The normalized spacial score (nSPS) is 11.1. The maximum absolute atomic E-state index is 6.10. The summed E-state index contributed by atoms with van der Waals surface area (Å²) in [5.41, 5.74) is 9.70. The van der Waals surface area contributed by atoms with Crippen LogP contribution in [0, 0.1) is 0 Å². The van der Waals surface area contributed by atoms with Crippen molar-refractivity contribution < 1.29 is 4.42 Å². The van der Waals surface area contributed by atoms with Gasteiger partial charge in [-0.15, -0.1) is 0 Å². The molecule has 240 valence electrons. The zero-order valence-electron chi connectivity index (χ0n) is 27.3. The number of benzene rings is 6. The van der Waals surface area contributed by atoms with Crippen molar-refractivity contribution in [2.45, 2.75) is 0 Å². The Kier molecular flexibility index (Phi) is 7.68. The third-order valence-corrected chi connectivity index (χ3v) is 8.59. The van der Waals surface area contributed by atoms with E-state index in [1.807, 2.05) is 140 Å². The van der Waals surface area contributed by atoms with Crippen LogP contribution < -0.4 is 0 Å². The molecule has 51 heavy (non-hydrogen) atoms. The predicted octanol–water partition coefficient (Wildman–Crippen LogP) is 10.5. The number of aromatic nitrogens is 6. The van der Waals surface area contributed by atoms with E-state index in [4.69, 9.17) is 34.3 Å². The van der Waals surface area contributed by atoms with Crippen LogP contribution >= 0.6 is 0 Å². The Morgan fingerprint density at radius 2 is 0.745 bits per heavy atom. The highest BCUT2D eigenvalue weighted by atomic mass is 16.3. The van der Waals surface area contributed by atoms with Crippen LogP contribution in [-0.2, 0) is 0 Å². The molecule has 0 aliphatic rings. The molecule has 3 aromatic heterocycles. The van der Waals surface area contributed by atoms with E-state index >= 15 is 0 Å². The summed E-state index contributed by atoms with van der Waals surface area (Å²) in [6.45, 7) is 0. The largest absolute Gasteiger partial charge is 0.434 e. The summed E-state index contributed by atoms with van der Waals surface area (Å²) in [4.78, 5) is 29.3. The second-order valence-corrected chi connectivity index (χ2v) is 12.0. The number of rotatable bonds is 7. The van der Waals surface area contributed by atoms with Gasteiger partial charge in [-0.2, -0.15) is 0 Å². The molecule has 0 aliphatic carbocycles. The van der Waals surface area contributed by atoms with Crippen molar-refractivity contribution in [1.29, 1.82) is 0 Å². The van der Waals surface area contributed by atoms with Crippen LogP contribution in [0.3, 0.4) is 0 Å². The quantitative estimate of drug-likeness (QED) is 0.169. The van der Waals surface area contributed by atoms with Gasteiger partial charge in [0.2, 0.25) is 5.82 Å². The maximum atomic E-state index is 6.10. The molecule has 0 spiro atoms. The monoisotopic (exact) mass is 656 g/mol. The first kappa shape index (κ1) is 30.0. The molecule has 0 saturated carbocycles. The Hall–Kier alpha value is -7.12. The lowest BCUT2D eigenvalue weighted by Gasteiger charge is -2.11.